The normalized spacial score (nSPS) is 24.4. The predicted octanol–water partition coefficient (Wildman–Crippen LogP) is 2.56. The zero-order valence-electron chi connectivity index (χ0n) is 21.0. The average molecular weight is 546 g/mol. The molecule has 3 aromatic rings. The number of esters is 1. The number of aromatic nitrogens is 3. The van der Waals surface area contributed by atoms with Crippen LogP contribution in [0.4, 0.5) is 8.78 Å². The van der Waals surface area contributed by atoms with Crippen molar-refractivity contribution in [2.75, 3.05) is 19.2 Å². The molecule has 1 saturated carbocycles. The molecule has 0 bridgehead atoms. The summed E-state index contributed by atoms with van der Waals surface area (Å²) < 4.78 is 33.8. The number of aromatic hydroxyl groups is 1. The number of carbonyl (C=O) groups excluding carboxylic acids is 2. The number of amides is 1. The monoisotopic (exact) mass is 545 g/mol. The van der Waals surface area contributed by atoms with E-state index >= 15 is 0 Å². The second-order valence-corrected chi connectivity index (χ2v) is 10.9. The summed E-state index contributed by atoms with van der Waals surface area (Å²) in [6.45, 7) is 3.63. The van der Waals surface area contributed by atoms with Crippen molar-refractivity contribution in [3.63, 3.8) is 0 Å². The van der Waals surface area contributed by atoms with Crippen LogP contribution in [-0.2, 0) is 16.0 Å². The third-order valence-electron chi connectivity index (χ3n) is 8.02. The van der Waals surface area contributed by atoms with Crippen LogP contribution < -0.4 is 15.8 Å². The van der Waals surface area contributed by atoms with E-state index < -0.39 is 45.8 Å². The Balaban J connectivity index is 1.59. The van der Waals surface area contributed by atoms with E-state index in [0.717, 1.165) is 23.5 Å². The van der Waals surface area contributed by atoms with Gasteiger partial charge >= 0.3 is 5.97 Å². The van der Waals surface area contributed by atoms with Crippen molar-refractivity contribution in [3.8, 4) is 16.3 Å². The first-order valence-electron chi connectivity index (χ1n) is 11.8. The highest BCUT2D eigenvalue weighted by molar-refractivity contribution is 7.14. The fraction of sp³-hybridized carbons (Fsp3) is 0.400. The van der Waals surface area contributed by atoms with E-state index in [9.17, 15) is 28.3 Å². The Morgan fingerprint density at radius 3 is 2.74 bits per heavy atom. The summed E-state index contributed by atoms with van der Waals surface area (Å²) in [5, 5.41) is 23.9. The Bertz CT molecular complexity index is 1540. The first-order valence-corrected chi connectivity index (χ1v) is 12.7. The number of hydrogen-bond acceptors (Lipinski definition) is 9. The van der Waals surface area contributed by atoms with Gasteiger partial charge in [-0.05, 0) is 37.3 Å². The van der Waals surface area contributed by atoms with Gasteiger partial charge in [0.15, 0.2) is 16.5 Å². The molecule has 1 unspecified atom stereocenters. The molecule has 2 N–H and O–H groups in total. The van der Waals surface area contributed by atoms with Crippen molar-refractivity contribution in [2.24, 2.45) is 11.3 Å². The van der Waals surface area contributed by atoms with E-state index in [4.69, 9.17) is 4.74 Å². The second kappa shape index (κ2) is 8.86. The summed E-state index contributed by atoms with van der Waals surface area (Å²) >= 11 is 1.00. The molecule has 0 radical (unpaired) electrons. The second-order valence-electron chi connectivity index (χ2n) is 9.80. The topological polar surface area (TPSA) is 127 Å². The molecule has 0 saturated heterocycles. The van der Waals surface area contributed by atoms with Crippen LogP contribution in [0.15, 0.2) is 29.2 Å². The van der Waals surface area contributed by atoms with Crippen LogP contribution in [0, 0.1) is 23.0 Å². The van der Waals surface area contributed by atoms with E-state index in [0.29, 0.717) is 17.8 Å². The van der Waals surface area contributed by atoms with Gasteiger partial charge in [-0.2, -0.15) is 0 Å². The number of rotatable bonds is 4. The van der Waals surface area contributed by atoms with Crippen LogP contribution >= 0.6 is 11.3 Å². The van der Waals surface area contributed by atoms with Gasteiger partial charge in [0.05, 0.1) is 12.7 Å². The Kier molecular flexibility index (Phi) is 6.01. The van der Waals surface area contributed by atoms with E-state index in [1.165, 1.54) is 24.0 Å². The molecule has 13 heteroatoms. The quantitative estimate of drug-likeness (QED) is 0.479. The standard InChI is InChI=1S/C25H25F2N5O5S/c1-12-7-8-25(24(12,2)23(36)37-4)28-21(35)18-20(34)19(33)15(11-32(18)31(25)3)22-30-29-17(38-22)9-13-5-6-14(26)10-16(13)27/h5-6,10-12,34H,7-9H2,1-4H3,(H,28,35)/t12-,24-,25?/m1/s1. The molecule has 2 aromatic heterocycles. The molecule has 1 amide bonds. The summed E-state index contributed by atoms with van der Waals surface area (Å²) in [5.74, 6) is -3.57. The summed E-state index contributed by atoms with van der Waals surface area (Å²) in [6.07, 6.45) is 2.42. The maximum atomic E-state index is 14.1. The number of ether oxygens (including phenoxy) is 1. The number of nitrogens with one attached hydrogen (secondary N) is 1. The van der Waals surface area contributed by atoms with Crippen molar-refractivity contribution >= 4 is 23.2 Å². The number of hydrogen-bond donors (Lipinski definition) is 2. The number of benzene rings is 1. The van der Waals surface area contributed by atoms with Crippen LogP contribution in [0.25, 0.3) is 10.6 Å². The molecule has 1 aliphatic carbocycles. The summed E-state index contributed by atoms with van der Waals surface area (Å²) in [4.78, 5) is 39.4. The van der Waals surface area contributed by atoms with Crippen molar-refractivity contribution in [2.45, 2.75) is 38.8 Å². The molecule has 10 nitrogen and oxygen atoms in total. The molecular formula is C25H25F2N5O5S. The highest BCUT2D eigenvalue weighted by atomic mass is 32.1. The van der Waals surface area contributed by atoms with Gasteiger partial charge in [0.2, 0.25) is 5.43 Å². The molecule has 3 atom stereocenters. The van der Waals surface area contributed by atoms with Gasteiger partial charge in [-0.3, -0.25) is 24.1 Å². The smallest absolute Gasteiger partial charge is 0.316 e. The molecule has 200 valence electrons. The van der Waals surface area contributed by atoms with Gasteiger partial charge in [-0.1, -0.05) is 24.3 Å². The maximum Gasteiger partial charge on any atom is 0.316 e. The van der Waals surface area contributed by atoms with Crippen LogP contribution in [0.2, 0.25) is 0 Å². The van der Waals surface area contributed by atoms with Gasteiger partial charge in [-0.25, -0.2) is 8.78 Å². The zero-order chi connectivity index (χ0) is 27.6. The summed E-state index contributed by atoms with van der Waals surface area (Å²) in [6, 6.07) is 3.21. The van der Waals surface area contributed by atoms with Crippen LogP contribution in [0.3, 0.4) is 0 Å². The van der Waals surface area contributed by atoms with Gasteiger partial charge in [0, 0.05) is 25.7 Å². The first kappa shape index (κ1) is 25.8. The predicted molar refractivity (Wildman–Crippen MR) is 133 cm³/mol. The number of methoxy groups -OCH3 is 1. The molecule has 1 spiro atoms. The lowest BCUT2D eigenvalue weighted by Crippen LogP contribution is -2.74. The highest BCUT2D eigenvalue weighted by Gasteiger charge is 2.66. The molecule has 1 aliphatic heterocycles. The van der Waals surface area contributed by atoms with Crippen molar-refractivity contribution in [1.82, 2.24) is 20.2 Å². The number of pyridine rings is 1. The largest absolute Gasteiger partial charge is 0.502 e. The lowest BCUT2D eigenvalue weighted by Gasteiger charge is -2.53. The van der Waals surface area contributed by atoms with Crippen molar-refractivity contribution in [1.29, 1.82) is 0 Å². The molecule has 1 fully saturated rings. The van der Waals surface area contributed by atoms with Crippen molar-refractivity contribution in [3.05, 3.63) is 62.5 Å². The van der Waals surface area contributed by atoms with Crippen molar-refractivity contribution < 1.29 is 28.2 Å². The van der Waals surface area contributed by atoms with Gasteiger partial charge < -0.3 is 15.2 Å². The van der Waals surface area contributed by atoms with Gasteiger partial charge in [-0.15, -0.1) is 10.2 Å². The number of halogens is 2. The van der Waals surface area contributed by atoms with E-state index in [-0.39, 0.29) is 34.2 Å². The average Bonchev–Trinajstić information content (AvgIpc) is 3.44. The Morgan fingerprint density at radius 1 is 1.32 bits per heavy atom. The lowest BCUT2D eigenvalue weighted by molar-refractivity contribution is -0.159. The molecular weight excluding hydrogens is 520 g/mol. The summed E-state index contributed by atoms with van der Waals surface area (Å²) in [5.41, 5.74) is -3.28. The SMILES string of the molecule is COC(=O)[C@@]1(C)[C@H](C)CCC12NC(=O)c1c(O)c(=O)c(-c3nnc(Cc4ccc(F)cc4F)s3)cn1N2C. The fourth-order valence-electron chi connectivity index (χ4n) is 5.62. The third kappa shape index (κ3) is 3.51. The minimum absolute atomic E-state index is 0.0167. The van der Waals surface area contributed by atoms with E-state index in [1.807, 2.05) is 6.92 Å². The van der Waals surface area contributed by atoms with E-state index in [2.05, 4.69) is 15.5 Å². The molecule has 5 rings (SSSR count). The number of nitrogens with zero attached hydrogens (tertiary/aromatic N) is 4. The zero-order valence-corrected chi connectivity index (χ0v) is 21.9. The Morgan fingerprint density at radius 2 is 2.05 bits per heavy atom. The Hall–Kier alpha value is -3.87. The highest BCUT2D eigenvalue weighted by Crippen LogP contribution is 2.53. The lowest BCUT2D eigenvalue weighted by atomic mass is 9.73. The summed E-state index contributed by atoms with van der Waals surface area (Å²) in [7, 11) is 2.94. The van der Waals surface area contributed by atoms with Crippen LogP contribution in [0.1, 0.15) is 47.7 Å². The number of fused-ring (bicyclic) bond motifs is 1. The Labute approximate surface area is 219 Å². The minimum Gasteiger partial charge on any atom is -0.502 e. The van der Waals surface area contributed by atoms with Crippen LogP contribution in [0.5, 0.6) is 5.75 Å². The van der Waals surface area contributed by atoms with E-state index in [1.54, 1.807) is 19.0 Å². The number of carbonyl (C=O) groups is 2. The third-order valence-corrected chi connectivity index (χ3v) is 8.98. The fourth-order valence-corrected chi connectivity index (χ4v) is 6.49. The molecule has 38 heavy (non-hydrogen) atoms. The molecule has 1 aromatic carbocycles. The first-order chi connectivity index (χ1) is 17.9. The maximum absolute atomic E-state index is 14.1. The molecule has 2 aliphatic rings. The van der Waals surface area contributed by atoms with Gasteiger partial charge in [0.1, 0.15) is 27.7 Å². The minimum atomic E-state index is -1.20. The van der Waals surface area contributed by atoms with Gasteiger partial charge in [0.25, 0.3) is 5.91 Å². The molecule has 3 heterocycles. The van der Waals surface area contributed by atoms with Crippen LogP contribution in [-0.4, -0.2) is 51.7 Å².